The van der Waals surface area contributed by atoms with Crippen molar-refractivity contribution in [3.05, 3.63) is 11.8 Å². The summed E-state index contributed by atoms with van der Waals surface area (Å²) < 4.78 is 5.46. The maximum Gasteiger partial charge on any atom is 0.237 e. The number of anilines is 2. The van der Waals surface area contributed by atoms with E-state index in [9.17, 15) is 4.79 Å². The van der Waals surface area contributed by atoms with E-state index in [-0.39, 0.29) is 11.9 Å². The van der Waals surface area contributed by atoms with Crippen molar-refractivity contribution in [1.82, 2.24) is 20.6 Å². The SMILES string of the molecule is CCc1cc(N2CCC(NC3CCNC3=O)CC2)nc(N2CCOCC2)n1. The summed E-state index contributed by atoms with van der Waals surface area (Å²) in [6.07, 6.45) is 3.86. The number of morpholine rings is 1. The molecule has 27 heavy (non-hydrogen) atoms. The molecule has 0 bridgehead atoms. The second-order valence-electron chi connectivity index (χ2n) is 7.53. The summed E-state index contributed by atoms with van der Waals surface area (Å²) in [5.41, 5.74) is 1.09. The minimum atomic E-state index is -0.0137. The van der Waals surface area contributed by atoms with Crippen LogP contribution >= 0.6 is 0 Å². The van der Waals surface area contributed by atoms with Crippen LogP contribution in [0, 0.1) is 0 Å². The van der Waals surface area contributed by atoms with Gasteiger partial charge in [0.15, 0.2) is 0 Å². The molecule has 148 valence electrons. The first kappa shape index (κ1) is 18.4. The summed E-state index contributed by atoms with van der Waals surface area (Å²) in [5, 5.41) is 6.43. The summed E-state index contributed by atoms with van der Waals surface area (Å²) in [6, 6.07) is 2.52. The molecule has 8 heteroatoms. The number of hydrogen-bond acceptors (Lipinski definition) is 7. The normalized spacial score (nSPS) is 24.3. The summed E-state index contributed by atoms with van der Waals surface area (Å²) in [4.78, 5) is 26.0. The summed E-state index contributed by atoms with van der Waals surface area (Å²) in [6.45, 7) is 8.01. The van der Waals surface area contributed by atoms with Crippen LogP contribution in [-0.2, 0) is 16.0 Å². The van der Waals surface area contributed by atoms with E-state index in [4.69, 9.17) is 14.7 Å². The van der Waals surface area contributed by atoms with Crippen LogP contribution in [-0.4, -0.2) is 73.9 Å². The Balaban J connectivity index is 1.40. The second-order valence-corrected chi connectivity index (χ2v) is 7.53. The van der Waals surface area contributed by atoms with Gasteiger partial charge in [-0.3, -0.25) is 4.79 Å². The molecule has 4 heterocycles. The molecule has 4 rings (SSSR count). The van der Waals surface area contributed by atoms with Gasteiger partial charge in [0.1, 0.15) is 5.82 Å². The Labute approximate surface area is 160 Å². The van der Waals surface area contributed by atoms with Gasteiger partial charge in [0.2, 0.25) is 11.9 Å². The van der Waals surface area contributed by atoms with Crippen LogP contribution in [0.3, 0.4) is 0 Å². The summed E-state index contributed by atoms with van der Waals surface area (Å²) in [7, 11) is 0. The molecule has 0 aromatic carbocycles. The van der Waals surface area contributed by atoms with Crippen LogP contribution in [0.2, 0.25) is 0 Å². The lowest BCUT2D eigenvalue weighted by atomic mass is 10.0. The van der Waals surface area contributed by atoms with E-state index in [1.807, 2.05) is 0 Å². The molecule has 0 spiro atoms. The third-order valence-electron chi connectivity index (χ3n) is 5.71. The number of nitrogens with zero attached hydrogens (tertiary/aromatic N) is 4. The molecule has 2 N–H and O–H groups in total. The average Bonchev–Trinajstić information content (AvgIpc) is 3.13. The third kappa shape index (κ3) is 4.32. The molecule has 1 amide bonds. The van der Waals surface area contributed by atoms with Gasteiger partial charge in [-0.05, 0) is 25.7 Å². The number of carbonyl (C=O) groups excluding carboxylic acids is 1. The first-order valence-corrected chi connectivity index (χ1v) is 10.2. The number of ether oxygens (including phenoxy) is 1. The maximum atomic E-state index is 11.8. The molecule has 1 aromatic heterocycles. The first-order valence-electron chi connectivity index (χ1n) is 10.2. The zero-order valence-electron chi connectivity index (χ0n) is 16.1. The van der Waals surface area contributed by atoms with Gasteiger partial charge in [-0.25, -0.2) is 4.98 Å². The topological polar surface area (TPSA) is 82.6 Å². The van der Waals surface area contributed by atoms with Crippen LogP contribution < -0.4 is 20.4 Å². The summed E-state index contributed by atoms with van der Waals surface area (Å²) in [5.74, 6) is 2.01. The van der Waals surface area contributed by atoms with Gasteiger partial charge in [-0.1, -0.05) is 6.92 Å². The Bertz CT molecular complexity index is 656. The monoisotopic (exact) mass is 374 g/mol. The number of rotatable bonds is 5. The molecule has 3 saturated heterocycles. The van der Waals surface area contributed by atoms with Gasteiger partial charge in [-0.2, -0.15) is 4.98 Å². The smallest absolute Gasteiger partial charge is 0.237 e. The standard InChI is InChI=1S/C19H30N6O2/c1-2-14-13-17(23-19(22-14)25-9-11-27-12-10-25)24-7-4-15(5-8-24)21-16-3-6-20-18(16)26/h13,15-16,21H,2-12H2,1H3,(H,20,26). The van der Waals surface area contributed by atoms with Gasteiger partial charge < -0.3 is 25.2 Å². The van der Waals surface area contributed by atoms with Gasteiger partial charge in [0.25, 0.3) is 0 Å². The quantitative estimate of drug-likeness (QED) is 0.768. The third-order valence-corrected chi connectivity index (χ3v) is 5.71. The van der Waals surface area contributed by atoms with Crippen LogP contribution in [0.1, 0.15) is 31.9 Å². The molecule has 1 unspecified atom stereocenters. The predicted molar refractivity (Wildman–Crippen MR) is 104 cm³/mol. The Morgan fingerprint density at radius 3 is 2.59 bits per heavy atom. The van der Waals surface area contributed by atoms with Crippen molar-refractivity contribution in [3.8, 4) is 0 Å². The molecule has 0 aliphatic carbocycles. The minimum absolute atomic E-state index is 0.0137. The number of piperidine rings is 1. The number of hydrogen-bond donors (Lipinski definition) is 2. The largest absolute Gasteiger partial charge is 0.378 e. The fourth-order valence-electron chi connectivity index (χ4n) is 4.03. The van der Waals surface area contributed by atoms with Crippen LogP contribution in [0.15, 0.2) is 6.07 Å². The Morgan fingerprint density at radius 1 is 1.15 bits per heavy atom. The lowest BCUT2D eigenvalue weighted by molar-refractivity contribution is -0.121. The van der Waals surface area contributed by atoms with Crippen molar-refractivity contribution < 1.29 is 9.53 Å². The van der Waals surface area contributed by atoms with Crippen LogP contribution in [0.4, 0.5) is 11.8 Å². The molecule has 0 saturated carbocycles. The molecule has 0 radical (unpaired) electrons. The number of nitrogens with one attached hydrogen (secondary N) is 2. The number of amides is 1. The second kappa shape index (κ2) is 8.39. The Hall–Kier alpha value is -1.93. The van der Waals surface area contributed by atoms with Gasteiger partial charge in [0.05, 0.1) is 19.3 Å². The van der Waals surface area contributed by atoms with Crippen molar-refractivity contribution >= 4 is 17.7 Å². The number of aryl methyl sites for hydroxylation is 1. The molecular formula is C19H30N6O2. The molecule has 3 fully saturated rings. The van der Waals surface area contributed by atoms with Crippen molar-refractivity contribution in [1.29, 1.82) is 0 Å². The minimum Gasteiger partial charge on any atom is -0.378 e. The lowest BCUT2D eigenvalue weighted by Crippen LogP contribution is -2.48. The number of carbonyl (C=O) groups is 1. The fraction of sp³-hybridized carbons (Fsp3) is 0.737. The molecule has 1 atom stereocenters. The van der Waals surface area contributed by atoms with Gasteiger partial charge in [0, 0.05) is 50.5 Å². The number of aromatic nitrogens is 2. The van der Waals surface area contributed by atoms with E-state index in [2.05, 4.69) is 33.4 Å². The summed E-state index contributed by atoms with van der Waals surface area (Å²) >= 11 is 0. The highest BCUT2D eigenvalue weighted by atomic mass is 16.5. The predicted octanol–water partition coefficient (Wildman–Crippen LogP) is 0.323. The van der Waals surface area contributed by atoms with E-state index in [1.165, 1.54) is 0 Å². The van der Waals surface area contributed by atoms with Crippen LogP contribution in [0.25, 0.3) is 0 Å². The first-order chi connectivity index (χ1) is 13.2. The zero-order valence-corrected chi connectivity index (χ0v) is 16.1. The van der Waals surface area contributed by atoms with Crippen molar-refractivity contribution in [2.75, 3.05) is 55.7 Å². The highest BCUT2D eigenvalue weighted by Crippen LogP contribution is 2.23. The van der Waals surface area contributed by atoms with E-state index >= 15 is 0 Å². The molecular weight excluding hydrogens is 344 g/mol. The maximum absolute atomic E-state index is 11.8. The highest BCUT2D eigenvalue weighted by molar-refractivity contribution is 5.83. The average molecular weight is 374 g/mol. The van der Waals surface area contributed by atoms with E-state index < -0.39 is 0 Å². The molecule has 3 aliphatic rings. The van der Waals surface area contributed by atoms with E-state index in [0.29, 0.717) is 6.04 Å². The molecule has 1 aromatic rings. The van der Waals surface area contributed by atoms with Crippen molar-refractivity contribution in [3.63, 3.8) is 0 Å². The zero-order chi connectivity index (χ0) is 18.6. The van der Waals surface area contributed by atoms with Gasteiger partial charge in [-0.15, -0.1) is 0 Å². The lowest BCUT2D eigenvalue weighted by Gasteiger charge is -2.35. The Morgan fingerprint density at radius 2 is 1.93 bits per heavy atom. The Kier molecular flexibility index (Phi) is 5.73. The van der Waals surface area contributed by atoms with Crippen LogP contribution in [0.5, 0.6) is 0 Å². The fourth-order valence-corrected chi connectivity index (χ4v) is 4.03. The highest BCUT2D eigenvalue weighted by Gasteiger charge is 2.29. The van der Waals surface area contributed by atoms with Gasteiger partial charge >= 0.3 is 0 Å². The van der Waals surface area contributed by atoms with Crippen molar-refractivity contribution in [2.45, 2.75) is 44.7 Å². The van der Waals surface area contributed by atoms with Crippen molar-refractivity contribution in [2.24, 2.45) is 0 Å². The van der Waals surface area contributed by atoms with E-state index in [0.717, 1.165) is 89.1 Å². The van der Waals surface area contributed by atoms with E-state index in [1.54, 1.807) is 0 Å². The molecule has 3 aliphatic heterocycles. The molecule has 8 nitrogen and oxygen atoms in total.